The van der Waals surface area contributed by atoms with Crippen molar-refractivity contribution in [2.24, 2.45) is 17.8 Å². The number of rotatable bonds is 6. The van der Waals surface area contributed by atoms with Gasteiger partial charge in [-0.15, -0.1) is 22.9 Å². The van der Waals surface area contributed by atoms with Gasteiger partial charge >= 0.3 is 0 Å². The third kappa shape index (κ3) is 3.16. The lowest BCUT2D eigenvalue weighted by Gasteiger charge is -2.26. The Balaban J connectivity index is 1.68. The molecule has 2 saturated carbocycles. The quantitative estimate of drug-likeness (QED) is 0.737. The van der Waals surface area contributed by atoms with Gasteiger partial charge in [0.1, 0.15) is 4.21 Å². The van der Waals surface area contributed by atoms with Gasteiger partial charge in [-0.3, -0.25) is 0 Å². The van der Waals surface area contributed by atoms with Crippen LogP contribution in [0.15, 0.2) is 16.3 Å². The number of hydrogen-bond donors (Lipinski definition) is 0. The predicted octanol–water partition coefficient (Wildman–Crippen LogP) is 3.59. The highest BCUT2D eigenvalue weighted by molar-refractivity contribution is 7.91. The molecule has 3 rings (SSSR count). The van der Waals surface area contributed by atoms with Crippen LogP contribution in [-0.4, -0.2) is 32.2 Å². The van der Waals surface area contributed by atoms with Crippen molar-refractivity contribution in [3.63, 3.8) is 0 Å². The topological polar surface area (TPSA) is 37.4 Å². The molecule has 21 heavy (non-hydrogen) atoms. The lowest BCUT2D eigenvalue weighted by atomic mass is 9.89. The number of fused-ring (bicyclic) bond motifs is 2. The Bertz CT molecular complexity index is 599. The number of sulfonamides is 1. The molecule has 0 radical (unpaired) electrons. The molecular weight excluding hydrogens is 326 g/mol. The van der Waals surface area contributed by atoms with Crippen molar-refractivity contribution in [1.29, 1.82) is 0 Å². The van der Waals surface area contributed by atoms with Crippen LogP contribution in [0.1, 0.15) is 30.6 Å². The Morgan fingerprint density at radius 1 is 1.33 bits per heavy atom. The van der Waals surface area contributed by atoms with Crippen LogP contribution in [0.2, 0.25) is 0 Å². The summed E-state index contributed by atoms with van der Waals surface area (Å²) in [6, 6.07) is 3.60. The molecule has 0 aromatic carbocycles. The Kier molecular flexibility index (Phi) is 4.65. The van der Waals surface area contributed by atoms with E-state index in [1.165, 1.54) is 37.0 Å². The van der Waals surface area contributed by atoms with Gasteiger partial charge in [0, 0.05) is 24.3 Å². The van der Waals surface area contributed by atoms with Crippen LogP contribution in [0, 0.1) is 17.8 Å². The maximum absolute atomic E-state index is 12.6. The van der Waals surface area contributed by atoms with Crippen molar-refractivity contribution < 1.29 is 8.42 Å². The number of thiophene rings is 1. The monoisotopic (exact) mass is 347 g/mol. The Hall–Kier alpha value is -0.100. The number of nitrogens with zero attached hydrogens (tertiary/aromatic N) is 1. The Morgan fingerprint density at radius 2 is 2.14 bits per heavy atom. The van der Waals surface area contributed by atoms with E-state index in [-0.39, 0.29) is 0 Å². The van der Waals surface area contributed by atoms with Crippen LogP contribution in [0.25, 0.3) is 0 Å². The van der Waals surface area contributed by atoms with Gasteiger partial charge in [-0.1, -0.05) is 6.42 Å². The van der Waals surface area contributed by atoms with Crippen LogP contribution >= 0.6 is 22.9 Å². The van der Waals surface area contributed by atoms with E-state index in [1.54, 1.807) is 17.4 Å². The molecule has 3 unspecified atom stereocenters. The third-order valence-electron chi connectivity index (χ3n) is 5.02. The molecule has 118 valence electrons. The van der Waals surface area contributed by atoms with Crippen molar-refractivity contribution >= 4 is 33.0 Å². The molecule has 1 aromatic heterocycles. The molecular formula is C15H22ClNO2S2. The van der Waals surface area contributed by atoms with E-state index in [2.05, 4.69) is 0 Å². The van der Waals surface area contributed by atoms with Crippen molar-refractivity contribution in [2.45, 2.75) is 36.3 Å². The van der Waals surface area contributed by atoms with E-state index < -0.39 is 10.0 Å². The molecule has 0 saturated heterocycles. The SMILES string of the molecule is CN(CC1CC2CCC1C2)S(=O)(=O)c1ccc(CCCl)s1. The fraction of sp³-hybridized carbons (Fsp3) is 0.733. The first-order valence-electron chi connectivity index (χ1n) is 7.61. The first-order valence-corrected chi connectivity index (χ1v) is 10.4. The zero-order valence-electron chi connectivity index (χ0n) is 12.3. The summed E-state index contributed by atoms with van der Waals surface area (Å²) >= 11 is 7.07. The summed E-state index contributed by atoms with van der Waals surface area (Å²) in [6.45, 7) is 0.673. The fourth-order valence-electron chi connectivity index (χ4n) is 3.91. The summed E-state index contributed by atoms with van der Waals surface area (Å²) in [5.74, 6) is 2.70. The highest BCUT2D eigenvalue weighted by Gasteiger charge is 2.41. The third-order valence-corrected chi connectivity index (χ3v) is 8.64. The number of halogens is 1. The Labute approximate surface area is 136 Å². The first kappa shape index (κ1) is 15.8. The minimum Gasteiger partial charge on any atom is -0.206 e. The van der Waals surface area contributed by atoms with Crippen molar-refractivity contribution in [3.8, 4) is 0 Å². The summed E-state index contributed by atoms with van der Waals surface area (Å²) < 4.78 is 27.3. The second-order valence-electron chi connectivity index (χ2n) is 6.38. The standard InChI is InChI=1S/C15H22ClNO2S2/c1-17(10-13-9-11-2-3-12(13)8-11)21(18,19)15-5-4-14(20-15)6-7-16/h4-5,11-13H,2-3,6-10H2,1H3. The van der Waals surface area contributed by atoms with Gasteiger partial charge in [-0.05, 0) is 55.6 Å². The summed E-state index contributed by atoms with van der Waals surface area (Å²) in [5.41, 5.74) is 0. The molecule has 0 amide bonds. The minimum atomic E-state index is -3.33. The molecule has 3 nitrogen and oxygen atoms in total. The van der Waals surface area contributed by atoms with Gasteiger partial charge in [0.15, 0.2) is 0 Å². The average molecular weight is 348 g/mol. The molecule has 0 spiro atoms. The zero-order chi connectivity index (χ0) is 15.0. The van der Waals surface area contributed by atoms with Crippen LogP contribution in [0.4, 0.5) is 0 Å². The molecule has 2 fully saturated rings. The van der Waals surface area contributed by atoms with E-state index in [1.807, 2.05) is 6.07 Å². The van der Waals surface area contributed by atoms with Crippen molar-refractivity contribution in [2.75, 3.05) is 19.5 Å². The number of hydrogen-bond acceptors (Lipinski definition) is 3. The maximum atomic E-state index is 12.6. The number of alkyl halides is 1. The predicted molar refractivity (Wildman–Crippen MR) is 87.5 cm³/mol. The van der Waals surface area contributed by atoms with Gasteiger partial charge in [0.05, 0.1) is 0 Å². The van der Waals surface area contributed by atoms with Crippen LogP contribution < -0.4 is 0 Å². The molecule has 1 aromatic rings. The van der Waals surface area contributed by atoms with Crippen molar-refractivity contribution in [1.82, 2.24) is 4.31 Å². The molecule has 0 N–H and O–H groups in total. The largest absolute Gasteiger partial charge is 0.252 e. The second-order valence-corrected chi connectivity index (χ2v) is 10.2. The Morgan fingerprint density at radius 3 is 2.76 bits per heavy atom. The normalized spacial score (nSPS) is 28.6. The molecule has 2 aliphatic rings. The van der Waals surface area contributed by atoms with Crippen molar-refractivity contribution in [3.05, 3.63) is 17.0 Å². The zero-order valence-corrected chi connectivity index (χ0v) is 14.7. The van der Waals surface area contributed by atoms with Gasteiger partial charge in [-0.25, -0.2) is 8.42 Å². The van der Waals surface area contributed by atoms with E-state index in [4.69, 9.17) is 11.6 Å². The summed E-state index contributed by atoms with van der Waals surface area (Å²) in [6.07, 6.45) is 5.91. The lowest BCUT2D eigenvalue weighted by molar-refractivity contribution is 0.280. The smallest absolute Gasteiger partial charge is 0.206 e. The van der Waals surface area contributed by atoms with E-state index in [0.717, 1.165) is 23.1 Å². The van der Waals surface area contributed by atoms with E-state index >= 15 is 0 Å². The minimum absolute atomic E-state index is 0.452. The van der Waals surface area contributed by atoms with Crippen LogP contribution in [0.3, 0.4) is 0 Å². The number of aryl methyl sites for hydroxylation is 1. The lowest BCUT2D eigenvalue weighted by Crippen LogP contribution is -2.33. The highest BCUT2D eigenvalue weighted by Crippen LogP contribution is 2.48. The summed E-state index contributed by atoms with van der Waals surface area (Å²) in [5, 5.41) is 0. The molecule has 2 aliphatic carbocycles. The fourth-order valence-corrected chi connectivity index (χ4v) is 7.02. The molecule has 2 bridgehead atoms. The van der Waals surface area contributed by atoms with Gasteiger partial charge < -0.3 is 0 Å². The van der Waals surface area contributed by atoms with E-state index in [0.29, 0.717) is 22.6 Å². The summed E-state index contributed by atoms with van der Waals surface area (Å²) in [7, 11) is -1.61. The summed E-state index contributed by atoms with van der Waals surface area (Å²) in [4.78, 5) is 1.04. The second kappa shape index (κ2) is 6.19. The molecule has 1 heterocycles. The maximum Gasteiger partial charge on any atom is 0.252 e. The first-order chi connectivity index (χ1) is 10.0. The van der Waals surface area contributed by atoms with Crippen LogP contribution in [0.5, 0.6) is 0 Å². The average Bonchev–Trinajstić information content (AvgIpc) is 3.14. The van der Waals surface area contributed by atoms with Gasteiger partial charge in [-0.2, -0.15) is 4.31 Å². The molecule has 6 heteroatoms. The van der Waals surface area contributed by atoms with E-state index in [9.17, 15) is 8.42 Å². The van der Waals surface area contributed by atoms with Crippen LogP contribution in [-0.2, 0) is 16.4 Å². The molecule has 3 atom stereocenters. The molecule has 0 aliphatic heterocycles. The van der Waals surface area contributed by atoms with Gasteiger partial charge in [0.2, 0.25) is 0 Å². The van der Waals surface area contributed by atoms with Gasteiger partial charge in [0.25, 0.3) is 10.0 Å². The highest BCUT2D eigenvalue weighted by atomic mass is 35.5.